The van der Waals surface area contributed by atoms with E-state index in [0.29, 0.717) is 6.42 Å². The number of hydrogen-bond donors (Lipinski definition) is 1. The monoisotopic (exact) mass is 197 g/mol. The molecule has 1 radical (unpaired) electrons. The van der Waals surface area contributed by atoms with Gasteiger partial charge in [-0.1, -0.05) is 30.7 Å². The van der Waals surface area contributed by atoms with E-state index in [1.165, 1.54) is 5.56 Å². The fraction of sp³-hybridized carbons (Fsp3) is 0.364. The first kappa shape index (κ1) is 10.6. The van der Waals surface area contributed by atoms with Crippen molar-refractivity contribution in [2.45, 2.75) is 25.4 Å². The van der Waals surface area contributed by atoms with Crippen LogP contribution < -0.4 is 0 Å². The van der Waals surface area contributed by atoms with E-state index in [-0.39, 0.29) is 6.10 Å². The van der Waals surface area contributed by atoms with Crippen molar-refractivity contribution in [3.05, 3.63) is 41.8 Å². The minimum atomic E-state index is -0.293. The van der Waals surface area contributed by atoms with Crippen LogP contribution in [0.25, 0.3) is 0 Å². The first-order valence-electron chi connectivity index (χ1n) is 4.44. The van der Waals surface area contributed by atoms with Crippen LogP contribution in [0.1, 0.15) is 18.4 Å². The molecule has 1 rings (SSSR count). The van der Waals surface area contributed by atoms with Gasteiger partial charge in [-0.25, -0.2) is 0 Å². The van der Waals surface area contributed by atoms with Crippen LogP contribution in [0.4, 0.5) is 0 Å². The summed E-state index contributed by atoms with van der Waals surface area (Å²) in [5.74, 6) is 0. The second-order valence-corrected chi connectivity index (χ2v) is 3.55. The number of rotatable bonds is 4. The Balaban J connectivity index is 2.45. The van der Waals surface area contributed by atoms with Gasteiger partial charge in [0.05, 0.1) is 6.10 Å². The van der Waals surface area contributed by atoms with Crippen molar-refractivity contribution < 1.29 is 5.11 Å². The summed E-state index contributed by atoms with van der Waals surface area (Å²) >= 11 is 5.82. The first-order valence-corrected chi connectivity index (χ1v) is 4.82. The van der Waals surface area contributed by atoms with Gasteiger partial charge in [0.2, 0.25) is 0 Å². The zero-order valence-electron chi connectivity index (χ0n) is 7.54. The first-order chi connectivity index (χ1) is 6.22. The third-order valence-electron chi connectivity index (χ3n) is 1.99. The number of aliphatic hydroxyl groups is 1. The lowest BCUT2D eigenvalue weighted by atomic mass is 10.1. The smallest absolute Gasteiger partial charge is 0.0543 e. The van der Waals surface area contributed by atoms with Crippen molar-refractivity contribution >= 4 is 11.6 Å². The van der Waals surface area contributed by atoms with Crippen LogP contribution in [0.5, 0.6) is 0 Å². The summed E-state index contributed by atoms with van der Waals surface area (Å²) in [6.07, 6.45) is 1.89. The number of hydrogen-bond acceptors (Lipinski definition) is 1. The molecule has 71 valence electrons. The molecule has 1 aromatic carbocycles. The van der Waals surface area contributed by atoms with Crippen LogP contribution in [0.2, 0.25) is 5.02 Å². The summed E-state index contributed by atoms with van der Waals surface area (Å²) in [6, 6.07) is 7.72. The molecule has 1 unspecified atom stereocenters. The minimum Gasteiger partial charge on any atom is -0.393 e. The molecule has 13 heavy (non-hydrogen) atoms. The Morgan fingerprint density at radius 2 is 2.23 bits per heavy atom. The lowest BCUT2D eigenvalue weighted by Gasteiger charge is -2.06. The van der Waals surface area contributed by atoms with E-state index >= 15 is 0 Å². The molecule has 2 heteroatoms. The van der Waals surface area contributed by atoms with Crippen LogP contribution >= 0.6 is 11.6 Å². The predicted octanol–water partition coefficient (Wildman–Crippen LogP) is 2.86. The molecule has 0 aliphatic carbocycles. The van der Waals surface area contributed by atoms with Crippen LogP contribution in [0, 0.1) is 6.92 Å². The fourth-order valence-corrected chi connectivity index (χ4v) is 1.38. The largest absolute Gasteiger partial charge is 0.393 e. The van der Waals surface area contributed by atoms with Crippen LogP contribution in [-0.4, -0.2) is 11.2 Å². The lowest BCUT2D eigenvalue weighted by molar-refractivity contribution is 0.167. The van der Waals surface area contributed by atoms with E-state index in [0.717, 1.165) is 17.9 Å². The lowest BCUT2D eigenvalue weighted by Crippen LogP contribution is -2.05. The third kappa shape index (κ3) is 3.79. The van der Waals surface area contributed by atoms with Crippen molar-refractivity contribution in [2.24, 2.45) is 0 Å². The van der Waals surface area contributed by atoms with Gasteiger partial charge in [0.1, 0.15) is 0 Å². The topological polar surface area (TPSA) is 20.2 Å². The van der Waals surface area contributed by atoms with Crippen LogP contribution in [0.3, 0.4) is 0 Å². The van der Waals surface area contributed by atoms with E-state index in [2.05, 4.69) is 6.92 Å². The summed E-state index contributed by atoms with van der Waals surface area (Å²) in [5.41, 5.74) is 1.17. The zero-order chi connectivity index (χ0) is 9.68. The Bertz CT molecular complexity index is 260. The number of benzene rings is 1. The molecule has 0 heterocycles. The normalized spacial score (nSPS) is 12.8. The maximum Gasteiger partial charge on any atom is 0.0543 e. The fourth-order valence-electron chi connectivity index (χ4n) is 1.17. The van der Waals surface area contributed by atoms with Gasteiger partial charge in [0.25, 0.3) is 0 Å². The summed E-state index contributed by atoms with van der Waals surface area (Å²) in [4.78, 5) is 0. The van der Waals surface area contributed by atoms with Gasteiger partial charge in [-0.2, -0.15) is 0 Å². The molecule has 0 bridgehead atoms. The van der Waals surface area contributed by atoms with E-state index < -0.39 is 0 Å². The Kier molecular flexibility index (Phi) is 4.26. The number of aryl methyl sites for hydroxylation is 1. The van der Waals surface area contributed by atoms with E-state index in [9.17, 15) is 5.11 Å². The molecule has 0 aliphatic heterocycles. The average Bonchev–Trinajstić information content (AvgIpc) is 2.14. The Morgan fingerprint density at radius 3 is 2.85 bits per heavy atom. The van der Waals surface area contributed by atoms with Gasteiger partial charge in [-0.15, -0.1) is 0 Å². The second kappa shape index (κ2) is 5.25. The van der Waals surface area contributed by atoms with Crippen LogP contribution in [-0.2, 0) is 6.42 Å². The molecule has 0 amide bonds. The van der Waals surface area contributed by atoms with Gasteiger partial charge in [-0.3, -0.25) is 0 Å². The highest BCUT2D eigenvalue weighted by atomic mass is 35.5. The molecule has 0 aromatic heterocycles. The predicted molar refractivity (Wildman–Crippen MR) is 55.8 cm³/mol. The Hall–Kier alpha value is -0.530. The highest BCUT2D eigenvalue weighted by Gasteiger charge is 2.01. The summed E-state index contributed by atoms with van der Waals surface area (Å²) in [7, 11) is 0. The molecule has 0 aliphatic rings. The van der Waals surface area contributed by atoms with E-state index in [4.69, 9.17) is 11.6 Å². The molecule has 0 saturated carbocycles. The summed E-state index contributed by atoms with van der Waals surface area (Å²) in [5, 5.41) is 10.0. The van der Waals surface area contributed by atoms with Gasteiger partial charge >= 0.3 is 0 Å². The second-order valence-electron chi connectivity index (χ2n) is 3.11. The molecule has 1 atom stereocenters. The molecule has 0 saturated heterocycles. The average molecular weight is 198 g/mol. The Morgan fingerprint density at radius 1 is 1.46 bits per heavy atom. The molecule has 1 nitrogen and oxygen atoms in total. The molecule has 0 spiro atoms. The van der Waals surface area contributed by atoms with Crippen molar-refractivity contribution in [2.75, 3.05) is 0 Å². The summed E-state index contributed by atoms with van der Waals surface area (Å²) in [6.45, 7) is 3.64. The Labute approximate surface area is 84.4 Å². The van der Waals surface area contributed by atoms with Crippen molar-refractivity contribution in [1.29, 1.82) is 0 Å². The van der Waals surface area contributed by atoms with Gasteiger partial charge in [-0.05, 0) is 37.0 Å². The SMILES string of the molecule is [CH2]CC(O)CCc1cccc(Cl)c1. The summed E-state index contributed by atoms with van der Waals surface area (Å²) < 4.78 is 0. The molecule has 0 fully saturated rings. The van der Waals surface area contributed by atoms with Crippen molar-refractivity contribution in [1.82, 2.24) is 0 Å². The zero-order valence-corrected chi connectivity index (χ0v) is 8.30. The molecular formula is C11H14ClO. The highest BCUT2D eigenvalue weighted by molar-refractivity contribution is 6.30. The minimum absolute atomic E-state index is 0.293. The number of halogens is 1. The quantitative estimate of drug-likeness (QED) is 0.787. The molecule has 1 aromatic rings. The standard InChI is InChI=1S/C11H14ClO/c1-2-11(13)7-6-9-4-3-5-10(12)8-9/h3-5,8,11,13H,1-2,6-7H2. The van der Waals surface area contributed by atoms with E-state index in [1.54, 1.807) is 0 Å². The third-order valence-corrected chi connectivity index (χ3v) is 2.22. The maximum atomic E-state index is 9.29. The van der Waals surface area contributed by atoms with Gasteiger partial charge in [0, 0.05) is 5.02 Å². The van der Waals surface area contributed by atoms with Gasteiger partial charge < -0.3 is 5.11 Å². The molecule has 1 N–H and O–H groups in total. The highest BCUT2D eigenvalue weighted by Crippen LogP contribution is 2.13. The number of aliphatic hydroxyl groups excluding tert-OH is 1. The molecular weight excluding hydrogens is 184 g/mol. The van der Waals surface area contributed by atoms with E-state index in [1.807, 2.05) is 24.3 Å². The van der Waals surface area contributed by atoms with Crippen LogP contribution in [0.15, 0.2) is 24.3 Å². The van der Waals surface area contributed by atoms with Gasteiger partial charge in [0.15, 0.2) is 0 Å². The van der Waals surface area contributed by atoms with Crippen molar-refractivity contribution in [3.63, 3.8) is 0 Å². The maximum absolute atomic E-state index is 9.29. The van der Waals surface area contributed by atoms with Crippen molar-refractivity contribution in [3.8, 4) is 0 Å².